The van der Waals surface area contributed by atoms with E-state index >= 15 is 0 Å². The standard InChI is InChI=1S/C12H18ClN3O/c1-7-5-9(13)15-11(10(7)14)16-12(2,6-17)8-3-4-8/h5,8,17H,3-4,6,14H2,1-2H3,(H,15,16). The molecule has 1 aliphatic rings. The molecule has 1 aromatic heterocycles. The zero-order chi connectivity index (χ0) is 12.6. The third-order valence-electron chi connectivity index (χ3n) is 3.44. The van der Waals surface area contributed by atoms with Crippen molar-refractivity contribution in [2.24, 2.45) is 5.92 Å². The highest BCUT2D eigenvalue weighted by Gasteiger charge is 2.41. The topological polar surface area (TPSA) is 71.2 Å². The number of nitrogens with one attached hydrogen (secondary N) is 1. The van der Waals surface area contributed by atoms with Crippen LogP contribution < -0.4 is 11.1 Å². The number of anilines is 2. The maximum atomic E-state index is 9.52. The van der Waals surface area contributed by atoms with Gasteiger partial charge in [0.2, 0.25) is 0 Å². The average molecular weight is 256 g/mol. The van der Waals surface area contributed by atoms with Crippen LogP contribution in [-0.4, -0.2) is 22.2 Å². The third kappa shape index (κ3) is 2.48. The first-order valence-electron chi connectivity index (χ1n) is 5.78. The van der Waals surface area contributed by atoms with Crippen molar-refractivity contribution in [3.8, 4) is 0 Å². The lowest BCUT2D eigenvalue weighted by Gasteiger charge is -2.30. The van der Waals surface area contributed by atoms with Crippen molar-refractivity contribution in [3.05, 3.63) is 16.8 Å². The summed E-state index contributed by atoms with van der Waals surface area (Å²) in [6.07, 6.45) is 2.26. The van der Waals surface area contributed by atoms with Crippen LogP contribution >= 0.6 is 11.6 Å². The Morgan fingerprint density at radius 2 is 2.29 bits per heavy atom. The number of hydrogen-bond donors (Lipinski definition) is 3. The Bertz CT molecular complexity index is 434. The summed E-state index contributed by atoms with van der Waals surface area (Å²) < 4.78 is 0. The van der Waals surface area contributed by atoms with Crippen LogP contribution in [-0.2, 0) is 0 Å². The molecular formula is C12H18ClN3O. The number of aromatic nitrogens is 1. The van der Waals surface area contributed by atoms with Gasteiger partial charge in [0.1, 0.15) is 5.15 Å². The second-order valence-corrected chi connectivity index (χ2v) is 5.39. The van der Waals surface area contributed by atoms with Crippen molar-refractivity contribution >= 4 is 23.1 Å². The van der Waals surface area contributed by atoms with Gasteiger partial charge in [-0.3, -0.25) is 0 Å². The van der Waals surface area contributed by atoms with Crippen LogP contribution in [0.4, 0.5) is 11.5 Å². The van der Waals surface area contributed by atoms with Crippen molar-refractivity contribution < 1.29 is 5.11 Å². The largest absolute Gasteiger partial charge is 0.396 e. The quantitative estimate of drug-likeness (QED) is 0.722. The third-order valence-corrected chi connectivity index (χ3v) is 3.64. The van der Waals surface area contributed by atoms with Crippen LogP contribution in [0.1, 0.15) is 25.3 Å². The molecule has 1 unspecified atom stereocenters. The molecule has 4 nitrogen and oxygen atoms in total. The Hall–Kier alpha value is -1.00. The Kier molecular flexibility index (Phi) is 3.19. The molecule has 0 aliphatic heterocycles. The summed E-state index contributed by atoms with van der Waals surface area (Å²) in [6, 6.07) is 1.73. The number of nitrogens with two attached hydrogens (primary N) is 1. The van der Waals surface area contributed by atoms with Gasteiger partial charge in [-0.1, -0.05) is 11.6 Å². The summed E-state index contributed by atoms with van der Waals surface area (Å²) in [5.41, 5.74) is 7.09. The maximum Gasteiger partial charge on any atom is 0.151 e. The maximum absolute atomic E-state index is 9.52. The number of halogens is 1. The molecule has 17 heavy (non-hydrogen) atoms. The van der Waals surface area contributed by atoms with Gasteiger partial charge < -0.3 is 16.2 Å². The van der Waals surface area contributed by atoms with Gasteiger partial charge in [-0.05, 0) is 44.2 Å². The van der Waals surface area contributed by atoms with Crippen molar-refractivity contribution in [2.45, 2.75) is 32.2 Å². The van der Waals surface area contributed by atoms with Crippen LogP contribution in [0.3, 0.4) is 0 Å². The van der Waals surface area contributed by atoms with E-state index in [1.807, 2.05) is 13.8 Å². The van der Waals surface area contributed by atoms with E-state index in [-0.39, 0.29) is 12.1 Å². The molecular weight excluding hydrogens is 238 g/mol. The molecule has 2 rings (SSSR count). The highest BCUT2D eigenvalue weighted by molar-refractivity contribution is 6.29. The molecule has 1 aliphatic carbocycles. The number of aliphatic hydroxyl groups excluding tert-OH is 1. The zero-order valence-corrected chi connectivity index (χ0v) is 10.9. The van der Waals surface area contributed by atoms with Gasteiger partial charge in [-0.25, -0.2) is 4.98 Å². The van der Waals surface area contributed by atoms with Gasteiger partial charge in [0.05, 0.1) is 17.8 Å². The SMILES string of the molecule is Cc1cc(Cl)nc(NC(C)(CO)C2CC2)c1N. The summed E-state index contributed by atoms with van der Waals surface area (Å²) in [5.74, 6) is 1.05. The van der Waals surface area contributed by atoms with Gasteiger partial charge >= 0.3 is 0 Å². The molecule has 1 saturated carbocycles. The second-order valence-electron chi connectivity index (χ2n) is 5.00. The summed E-state index contributed by atoms with van der Waals surface area (Å²) in [6.45, 7) is 3.94. The summed E-state index contributed by atoms with van der Waals surface area (Å²) in [5, 5.41) is 13.2. The number of nitrogens with zero attached hydrogens (tertiary/aromatic N) is 1. The predicted molar refractivity (Wildman–Crippen MR) is 70.2 cm³/mol. The first-order chi connectivity index (χ1) is 7.96. The first kappa shape index (κ1) is 12.5. The van der Waals surface area contributed by atoms with E-state index in [1.54, 1.807) is 6.07 Å². The molecule has 1 fully saturated rings. The monoisotopic (exact) mass is 255 g/mol. The number of aliphatic hydroxyl groups is 1. The van der Waals surface area contributed by atoms with Crippen molar-refractivity contribution in [2.75, 3.05) is 17.7 Å². The van der Waals surface area contributed by atoms with Gasteiger partial charge in [0.25, 0.3) is 0 Å². The van der Waals surface area contributed by atoms with Crippen LogP contribution in [0.2, 0.25) is 5.15 Å². The summed E-state index contributed by atoms with van der Waals surface area (Å²) >= 11 is 5.92. The minimum Gasteiger partial charge on any atom is -0.396 e. The fourth-order valence-electron chi connectivity index (χ4n) is 2.00. The molecule has 1 atom stereocenters. The van der Waals surface area contributed by atoms with E-state index in [0.29, 0.717) is 22.6 Å². The van der Waals surface area contributed by atoms with Crippen molar-refractivity contribution in [1.82, 2.24) is 4.98 Å². The van der Waals surface area contributed by atoms with Gasteiger partial charge in [0, 0.05) is 0 Å². The Balaban J connectivity index is 2.28. The first-order valence-corrected chi connectivity index (χ1v) is 6.16. The second kappa shape index (κ2) is 4.35. The molecule has 0 radical (unpaired) electrons. The van der Waals surface area contributed by atoms with E-state index in [4.69, 9.17) is 17.3 Å². The van der Waals surface area contributed by atoms with Crippen LogP contribution in [0.5, 0.6) is 0 Å². The van der Waals surface area contributed by atoms with E-state index in [9.17, 15) is 5.11 Å². The molecule has 0 bridgehead atoms. The van der Waals surface area contributed by atoms with E-state index < -0.39 is 0 Å². The number of nitrogen functional groups attached to an aromatic ring is 1. The number of hydrogen-bond acceptors (Lipinski definition) is 4. The van der Waals surface area contributed by atoms with Gasteiger partial charge in [-0.15, -0.1) is 0 Å². The predicted octanol–water partition coefficient (Wildman–Crippen LogP) is 2.20. The van der Waals surface area contributed by atoms with Gasteiger partial charge in [-0.2, -0.15) is 0 Å². The highest BCUT2D eigenvalue weighted by atomic mass is 35.5. The van der Waals surface area contributed by atoms with Crippen molar-refractivity contribution in [3.63, 3.8) is 0 Å². The Morgan fingerprint density at radius 1 is 1.65 bits per heavy atom. The lowest BCUT2D eigenvalue weighted by molar-refractivity contribution is 0.206. The summed E-state index contributed by atoms with van der Waals surface area (Å²) in [4.78, 5) is 4.19. The van der Waals surface area contributed by atoms with Gasteiger partial charge in [0.15, 0.2) is 5.82 Å². The number of pyridine rings is 1. The lowest BCUT2D eigenvalue weighted by atomic mass is 9.97. The van der Waals surface area contributed by atoms with Crippen LogP contribution in [0.25, 0.3) is 0 Å². The number of rotatable bonds is 4. The Morgan fingerprint density at radius 3 is 2.82 bits per heavy atom. The average Bonchev–Trinajstić information content (AvgIpc) is 3.09. The van der Waals surface area contributed by atoms with E-state index in [2.05, 4.69) is 10.3 Å². The highest BCUT2D eigenvalue weighted by Crippen LogP contribution is 2.41. The molecule has 94 valence electrons. The fourth-order valence-corrected chi connectivity index (χ4v) is 2.25. The smallest absolute Gasteiger partial charge is 0.151 e. The molecule has 4 N–H and O–H groups in total. The van der Waals surface area contributed by atoms with Crippen molar-refractivity contribution in [1.29, 1.82) is 0 Å². The molecule has 1 heterocycles. The number of aryl methyl sites for hydroxylation is 1. The normalized spacial score (nSPS) is 18.8. The fraction of sp³-hybridized carbons (Fsp3) is 0.583. The molecule has 0 aromatic carbocycles. The molecule has 0 amide bonds. The van der Waals surface area contributed by atoms with E-state index in [0.717, 1.165) is 18.4 Å². The van der Waals surface area contributed by atoms with Crippen LogP contribution in [0.15, 0.2) is 6.07 Å². The molecule has 1 aromatic rings. The lowest BCUT2D eigenvalue weighted by Crippen LogP contribution is -2.41. The Labute approximate surface area is 106 Å². The minimum atomic E-state index is -0.363. The van der Waals surface area contributed by atoms with E-state index in [1.165, 1.54) is 0 Å². The molecule has 0 spiro atoms. The molecule has 0 saturated heterocycles. The summed E-state index contributed by atoms with van der Waals surface area (Å²) in [7, 11) is 0. The zero-order valence-electron chi connectivity index (χ0n) is 10.1. The molecule has 5 heteroatoms. The minimum absolute atomic E-state index is 0.0599. The van der Waals surface area contributed by atoms with Crippen LogP contribution in [0, 0.1) is 12.8 Å².